The molecule has 2 aliphatic rings. The maximum absolute atomic E-state index is 6.31. The van der Waals surface area contributed by atoms with Crippen molar-refractivity contribution in [3.63, 3.8) is 0 Å². The van der Waals surface area contributed by atoms with Crippen molar-refractivity contribution in [3.8, 4) is 0 Å². The molecule has 0 aromatic carbocycles. The Bertz CT molecular complexity index is 459. The van der Waals surface area contributed by atoms with Crippen LogP contribution in [0.25, 0.3) is 0 Å². The lowest BCUT2D eigenvalue weighted by Gasteiger charge is -2.29. The number of ether oxygens (including phenoxy) is 1. The molecule has 0 bridgehead atoms. The topological polar surface area (TPSA) is 74.2 Å². The number of rotatable bonds is 5. The Balaban J connectivity index is 1.68. The van der Waals surface area contributed by atoms with Crippen molar-refractivity contribution in [1.82, 2.24) is 10.1 Å². The summed E-state index contributed by atoms with van der Waals surface area (Å²) in [5.41, 5.74) is 5.67. The molecule has 2 aliphatic carbocycles. The van der Waals surface area contributed by atoms with E-state index in [-0.39, 0.29) is 5.41 Å². The van der Waals surface area contributed by atoms with E-state index in [0.717, 1.165) is 31.6 Å². The lowest BCUT2D eigenvalue weighted by molar-refractivity contribution is -0.0222. The first kappa shape index (κ1) is 14.0. The smallest absolute Gasteiger partial charge is 0.232 e. The molecular formula is C15H25N3O2. The first-order valence-corrected chi connectivity index (χ1v) is 7.75. The van der Waals surface area contributed by atoms with Gasteiger partial charge in [0.15, 0.2) is 5.82 Å². The average molecular weight is 279 g/mol. The fourth-order valence-corrected chi connectivity index (χ4v) is 2.96. The second-order valence-corrected chi connectivity index (χ2v) is 6.97. The van der Waals surface area contributed by atoms with Gasteiger partial charge in [0.25, 0.3) is 0 Å². The van der Waals surface area contributed by atoms with Gasteiger partial charge in [0.2, 0.25) is 5.89 Å². The van der Waals surface area contributed by atoms with E-state index in [9.17, 15) is 0 Å². The summed E-state index contributed by atoms with van der Waals surface area (Å²) in [6.07, 6.45) is 8.63. The highest BCUT2D eigenvalue weighted by molar-refractivity contribution is 5.09. The summed E-state index contributed by atoms with van der Waals surface area (Å²) in [6, 6.07) is 0. The molecule has 5 nitrogen and oxygen atoms in total. The van der Waals surface area contributed by atoms with Crippen molar-refractivity contribution in [1.29, 1.82) is 0 Å². The van der Waals surface area contributed by atoms with Crippen LogP contribution in [0.3, 0.4) is 0 Å². The minimum Gasteiger partial charge on any atom is -0.376 e. The van der Waals surface area contributed by atoms with Crippen LogP contribution >= 0.6 is 0 Å². The second-order valence-electron chi connectivity index (χ2n) is 6.97. The summed E-state index contributed by atoms with van der Waals surface area (Å²) >= 11 is 0. The van der Waals surface area contributed by atoms with Crippen LogP contribution in [0.1, 0.15) is 70.5 Å². The molecule has 20 heavy (non-hydrogen) atoms. The maximum Gasteiger partial charge on any atom is 0.232 e. The van der Waals surface area contributed by atoms with E-state index >= 15 is 0 Å². The quantitative estimate of drug-likeness (QED) is 0.897. The lowest BCUT2D eigenvalue weighted by Crippen LogP contribution is -2.41. The van der Waals surface area contributed by atoms with Crippen LogP contribution in [0.2, 0.25) is 0 Å². The zero-order chi connectivity index (χ0) is 14.2. The standard InChI is InChI=1S/C15H25N3O2/c1-14(8-3-4-9-14)13-17-12(18-20-13)15(2,16)10-19-11-6-5-7-11/h11H,3-10,16H2,1-2H3. The van der Waals surface area contributed by atoms with E-state index in [2.05, 4.69) is 17.1 Å². The van der Waals surface area contributed by atoms with Crippen LogP contribution < -0.4 is 5.73 Å². The van der Waals surface area contributed by atoms with Gasteiger partial charge < -0.3 is 15.0 Å². The zero-order valence-electron chi connectivity index (χ0n) is 12.5. The fraction of sp³-hybridized carbons (Fsp3) is 0.867. The predicted molar refractivity (Wildman–Crippen MR) is 75.2 cm³/mol. The Morgan fingerprint density at radius 1 is 1.35 bits per heavy atom. The zero-order valence-corrected chi connectivity index (χ0v) is 12.5. The number of hydrogen-bond acceptors (Lipinski definition) is 5. The van der Waals surface area contributed by atoms with Gasteiger partial charge in [-0.2, -0.15) is 4.98 Å². The van der Waals surface area contributed by atoms with Gasteiger partial charge in [0.05, 0.1) is 12.7 Å². The number of nitrogens with zero attached hydrogens (tertiary/aromatic N) is 2. The average Bonchev–Trinajstić information content (AvgIpc) is 2.95. The van der Waals surface area contributed by atoms with E-state index in [0.29, 0.717) is 18.5 Å². The van der Waals surface area contributed by atoms with E-state index in [1.807, 2.05) is 6.92 Å². The van der Waals surface area contributed by atoms with Crippen molar-refractivity contribution in [3.05, 3.63) is 11.7 Å². The molecule has 3 rings (SSSR count). The molecule has 0 amide bonds. The second kappa shape index (κ2) is 5.11. The van der Waals surface area contributed by atoms with Gasteiger partial charge in [0.1, 0.15) is 5.54 Å². The molecule has 2 N–H and O–H groups in total. The van der Waals surface area contributed by atoms with Gasteiger partial charge in [-0.3, -0.25) is 0 Å². The summed E-state index contributed by atoms with van der Waals surface area (Å²) in [4.78, 5) is 4.57. The Kier molecular flexibility index (Phi) is 3.58. The van der Waals surface area contributed by atoms with E-state index < -0.39 is 5.54 Å². The highest BCUT2D eigenvalue weighted by Crippen LogP contribution is 2.40. The summed E-state index contributed by atoms with van der Waals surface area (Å²) in [7, 11) is 0. The Hall–Kier alpha value is -0.940. The summed E-state index contributed by atoms with van der Waals surface area (Å²) in [5, 5.41) is 4.11. The van der Waals surface area contributed by atoms with Gasteiger partial charge in [-0.25, -0.2) is 0 Å². The molecule has 2 saturated carbocycles. The highest BCUT2D eigenvalue weighted by Gasteiger charge is 2.38. The largest absolute Gasteiger partial charge is 0.376 e. The number of hydrogen-bond donors (Lipinski definition) is 1. The first-order valence-electron chi connectivity index (χ1n) is 7.75. The molecule has 0 aliphatic heterocycles. The normalized spacial score (nSPS) is 25.4. The fourth-order valence-electron chi connectivity index (χ4n) is 2.96. The van der Waals surface area contributed by atoms with Crippen molar-refractivity contribution >= 4 is 0 Å². The Morgan fingerprint density at radius 3 is 2.65 bits per heavy atom. The number of nitrogens with two attached hydrogens (primary N) is 1. The molecule has 1 atom stereocenters. The summed E-state index contributed by atoms with van der Waals surface area (Å²) in [5.74, 6) is 1.31. The van der Waals surface area contributed by atoms with Crippen LogP contribution in [-0.4, -0.2) is 22.9 Å². The number of aromatic nitrogens is 2. The van der Waals surface area contributed by atoms with Crippen LogP contribution in [0, 0.1) is 0 Å². The third-order valence-corrected chi connectivity index (χ3v) is 4.83. The molecular weight excluding hydrogens is 254 g/mol. The minimum atomic E-state index is -0.674. The summed E-state index contributed by atoms with van der Waals surface area (Å²) < 4.78 is 11.3. The van der Waals surface area contributed by atoms with Gasteiger partial charge in [-0.15, -0.1) is 0 Å². The molecule has 5 heteroatoms. The Labute approximate surface area is 120 Å². The third-order valence-electron chi connectivity index (χ3n) is 4.83. The molecule has 0 saturated heterocycles. The molecule has 1 heterocycles. The maximum atomic E-state index is 6.31. The van der Waals surface area contributed by atoms with Gasteiger partial charge in [0, 0.05) is 5.41 Å². The molecule has 0 spiro atoms. The van der Waals surface area contributed by atoms with Gasteiger partial charge in [-0.1, -0.05) is 24.9 Å². The van der Waals surface area contributed by atoms with Crippen LogP contribution in [0.15, 0.2) is 4.52 Å². The van der Waals surface area contributed by atoms with E-state index in [1.54, 1.807) is 0 Å². The first-order chi connectivity index (χ1) is 9.50. The van der Waals surface area contributed by atoms with Gasteiger partial charge >= 0.3 is 0 Å². The molecule has 112 valence electrons. The highest BCUT2D eigenvalue weighted by atomic mass is 16.5. The van der Waals surface area contributed by atoms with E-state index in [1.165, 1.54) is 19.3 Å². The third kappa shape index (κ3) is 2.61. The van der Waals surface area contributed by atoms with Crippen LogP contribution in [0.4, 0.5) is 0 Å². The summed E-state index contributed by atoms with van der Waals surface area (Å²) in [6.45, 7) is 4.57. The molecule has 0 radical (unpaired) electrons. The lowest BCUT2D eigenvalue weighted by atomic mass is 9.89. The molecule has 1 aromatic rings. The monoisotopic (exact) mass is 279 g/mol. The van der Waals surface area contributed by atoms with Crippen LogP contribution in [-0.2, 0) is 15.7 Å². The Morgan fingerprint density at radius 2 is 2.05 bits per heavy atom. The van der Waals surface area contributed by atoms with Crippen LogP contribution in [0.5, 0.6) is 0 Å². The van der Waals surface area contributed by atoms with Crippen molar-refractivity contribution in [2.24, 2.45) is 5.73 Å². The predicted octanol–water partition coefficient (Wildman–Crippen LogP) is 2.64. The minimum absolute atomic E-state index is 0.0379. The van der Waals surface area contributed by atoms with E-state index in [4.69, 9.17) is 15.0 Å². The SMILES string of the molecule is CC(N)(COC1CCC1)c1noc(C2(C)CCCC2)n1. The molecule has 2 fully saturated rings. The van der Waals surface area contributed by atoms with Gasteiger partial charge in [-0.05, 0) is 39.0 Å². The van der Waals surface area contributed by atoms with Crippen molar-refractivity contribution in [2.75, 3.05) is 6.61 Å². The molecule has 1 unspecified atom stereocenters. The van der Waals surface area contributed by atoms with Crippen molar-refractivity contribution in [2.45, 2.75) is 75.9 Å². The van der Waals surface area contributed by atoms with Crippen molar-refractivity contribution < 1.29 is 9.26 Å². The molecule has 1 aromatic heterocycles.